The van der Waals surface area contributed by atoms with Gasteiger partial charge in [0.1, 0.15) is 0 Å². The predicted molar refractivity (Wildman–Crippen MR) is 185 cm³/mol. The number of H-pyrrole nitrogens is 1. The molecule has 2 aromatic carbocycles. The van der Waals surface area contributed by atoms with E-state index in [2.05, 4.69) is 43.1 Å². The van der Waals surface area contributed by atoms with E-state index in [1.165, 1.54) is 11.1 Å². The first-order valence-corrected chi connectivity index (χ1v) is 13.4. The van der Waals surface area contributed by atoms with Gasteiger partial charge in [-0.1, -0.05) is 105 Å². The highest BCUT2D eigenvalue weighted by Crippen LogP contribution is 2.12. The summed E-state index contributed by atoms with van der Waals surface area (Å²) >= 11 is 0. The highest BCUT2D eigenvalue weighted by atomic mass is 16.1. The molecule has 0 aliphatic carbocycles. The summed E-state index contributed by atoms with van der Waals surface area (Å²) < 4.78 is 4.89. The molecule has 4 aromatic heterocycles. The molecule has 6 nitrogen and oxygen atoms in total. The number of nitrogens with zero attached hydrogens (tertiary/aromatic N) is 3. The van der Waals surface area contributed by atoms with E-state index in [1.807, 2.05) is 101 Å². The van der Waals surface area contributed by atoms with Crippen molar-refractivity contribution in [2.45, 2.75) is 70.7 Å². The quantitative estimate of drug-likeness (QED) is 0.213. The maximum atomic E-state index is 12.2. The molecule has 228 valence electrons. The molecule has 0 amide bonds. The van der Waals surface area contributed by atoms with Crippen LogP contribution in [0.2, 0.25) is 0 Å². The number of imidazole rings is 2. The third kappa shape index (κ3) is 10.1. The van der Waals surface area contributed by atoms with E-state index < -0.39 is 0 Å². The molecular weight excluding hydrogens is 520 g/mol. The number of aromatic amines is 1. The smallest absolute Gasteiger partial charge is 0.312 e. The Kier molecular flexibility index (Phi) is 19.1. The van der Waals surface area contributed by atoms with E-state index in [0.29, 0.717) is 0 Å². The number of pyridine rings is 2. The van der Waals surface area contributed by atoms with Gasteiger partial charge in [-0.15, -0.1) is 0 Å². The van der Waals surface area contributed by atoms with Crippen LogP contribution in [0, 0.1) is 20.8 Å². The minimum Gasteiger partial charge on any atom is -0.312 e. The number of nitrogens with one attached hydrogen (secondary N) is 1. The SMILES string of the molecule is C.C.C.CC.CC.Cc1ccccc1-n1cc2ccccn2c1=O.Cc1ccccc1C.O=c1[nH]cc2ccccn12. The van der Waals surface area contributed by atoms with Gasteiger partial charge in [0.2, 0.25) is 0 Å². The number of fused-ring (bicyclic) bond motifs is 2. The summed E-state index contributed by atoms with van der Waals surface area (Å²) in [5, 5.41) is 0. The van der Waals surface area contributed by atoms with Crippen molar-refractivity contribution in [3.63, 3.8) is 0 Å². The Morgan fingerprint density at radius 1 is 0.548 bits per heavy atom. The normalized spacial score (nSPS) is 8.93. The van der Waals surface area contributed by atoms with Crippen molar-refractivity contribution in [3.05, 3.63) is 147 Å². The lowest BCUT2D eigenvalue weighted by atomic mass is 10.1. The van der Waals surface area contributed by atoms with Gasteiger partial charge in [-0.2, -0.15) is 0 Å². The van der Waals surface area contributed by atoms with Gasteiger partial charge in [0.15, 0.2) is 0 Å². The fourth-order valence-electron chi connectivity index (χ4n) is 3.67. The summed E-state index contributed by atoms with van der Waals surface area (Å²) in [6, 6.07) is 27.5. The fraction of sp³-hybridized carbons (Fsp3) is 0.278. The molecule has 4 heterocycles. The first-order chi connectivity index (χ1) is 19.0. The summed E-state index contributed by atoms with van der Waals surface area (Å²) in [7, 11) is 0. The highest BCUT2D eigenvalue weighted by molar-refractivity contribution is 5.49. The number of benzene rings is 2. The molecule has 1 N–H and O–H groups in total. The monoisotopic (exact) mass is 572 g/mol. The van der Waals surface area contributed by atoms with E-state index in [-0.39, 0.29) is 33.7 Å². The minimum atomic E-state index is -0.0874. The van der Waals surface area contributed by atoms with Crippen LogP contribution in [0.1, 0.15) is 66.7 Å². The zero-order valence-electron chi connectivity index (χ0n) is 24.1. The standard InChI is InChI=1S/C14H12N2O.C8H10.C7H6N2O.2C2H6.3CH4/c1-11-6-2-3-8-13(11)16-10-12-7-4-5-9-15(12)14(16)17;1-7-5-3-4-6-8(7)2;10-7-8-5-6-3-1-2-4-9(6)7;2*1-2;;;/h2-10H,1H3;3-6H,1-2H3;1-5H,(H,8,10);2*1-2H3;3*1H4. The first-order valence-electron chi connectivity index (χ1n) is 13.4. The molecule has 0 radical (unpaired) electrons. The van der Waals surface area contributed by atoms with Crippen LogP contribution < -0.4 is 11.4 Å². The summed E-state index contributed by atoms with van der Waals surface area (Å²) in [5.41, 5.74) is 6.44. The molecule has 0 fully saturated rings. The van der Waals surface area contributed by atoms with Crippen LogP contribution in [-0.4, -0.2) is 18.4 Å². The van der Waals surface area contributed by atoms with Gasteiger partial charge in [-0.25, -0.2) is 9.59 Å². The van der Waals surface area contributed by atoms with Crippen molar-refractivity contribution in [3.8, 4) is 5.69 Å². The molecule has 0 spiro atoms. The summed E-state index contributed by atoms with van der Waals surface area (Å²) in [6.07, 6.45) is 7.06. The zero-order valence-corrected chi connectivity index (χ0v) is 24.1. The first kappa shape index (κ1) is 39.6. The zero-order chi connectivity index (χ0) is 28.8. The molecule has 0 unspecified atom stereocenters. The second kappa shape index (κ2) is 20.3. The van der Waals surface area contributed by atoms with Crippen molar-refractivity contribution in [2.24, 2.45) is 0 Å². The third-order valence-corrected chi connectivity index (χ3v) is 5.82. The van der Waals surface area contributed by atoms with Crippen molar-refractivity contribution in [1.82, 2.24) is 18.4 Å². The van der Waals surface area contributed by atoms with Gasteiger partial charge >= 0.3 is 11.4 Å². The number of rotatable bonds is 1. The topological polar surface area (TPSA) is 63.7 Å². The molecule has 42 heavy (non-hydrogen) atoms. The Hall–Kier alpha value is -4.58. The Balaban J connectivity index is 0. The van der Waals surface area contributed by atoms with E-state index >= 15 is 0 Å². The van der Waals surface area contributed by atoms with Crippen molar-refractivity contribution >= 4 is 11.0 Å². The molecular formula is C36H52N4O2. The largest absolute Gasteiger partial charge is 0.337 e. The van der Waals surface area contributed by atoms with E-state index in [1.54, 1.807) is 32.0 Å². The number of aryl methyl sites for hydroxylation is 3. The van der Waals surface area contributed by atoms with Gasteiger partial charge in [-0.3, -0.25) is 13.4 Å². The molecule has 6 aromatic rings. The Labute approximate surface area is 253 Å². The van der Waals surface area contributed by atoms with Gasteiger partial charge in [0.05, 0.1) is 16.7 Å². The van der Waals surface area contributed by atoms with Crippen LogP contribution in [0.4, 0.5) is 0 Å². The van der Waals surface area contributed by atoms with Crippen LogP contribution in [0.25, 0.3) is 16.7 Å². The molecule has 0 aliphatic heterocycles. The second-order valence-corrected chi connectivity index (χ2v) is 8.24. The van der Waals surface area contributed by atoms with Crippen LogP contribution in [-0.2, 0) is 0 Å². The molecule has 0 bridgehead atoms. The fourth-order valence-corrected chi connectivity index (χ4v) is 3.67. The average molecular weight is 573 g/mol. The lowest BCUT2D eigenvalue weighted by Gasteiger charge is -2.03. The minimum absolute atomic E-state index is 0. The number of para-hydroxylation sites is 1. The van der Waals surface area contributed by atoms with Gasteiger partial charge in [0, 0.05) is 24.8 Å². The van der Waals surface area contributed by atoms with Gasteiger partial charge in [-0.05, 0) is 67.8 Å². The number of hydrogen-bond donors (Lipinski definition) is 1. The van der Waals surface area contributed by atoms with Gasteiger partial charge < -0.3 is 4.98 Å². The lowest BCUT2D eigenvalue weighted by molar-refractivity contribution is 0.934. The van der Waals surface area contributed by atoms with Crippen LogP contribution >= 0.6 is 0 Å². The number of hydrogen-bond acceptors (Lipinski definition) is 2. The predicted octanol–water partition coefficient (Wildman–Crippen LogP) is 9.29. The average Bonchev–Trinajstić information content (AvgIpc) is 3.53. The van der Waals surface area contributed by atoms with Crippen LogP contribution in [0.15, 0.2) is 119 Å². The molecule has 0 saturated heterocycles. The molecule has 0 saturated carbocycles. The molecule has 6 heteroatoms. The van der Waals surface area contributed by atoms with Crippen molar-refractivity contribution in [2.75, 3.05) is 0 Å². The maximum Gasteiger partial charge on any atom is 0.337 e. The van der Waals surface area contributed by atoms with Gasteiger partial charge in [0.25, 0.3) is 0 Å². The molecule has 0 atom stereocenters. The Morgan fingerprint density at radius 2 is 1.00 bits per heavy atom. The van der Waals surface area contributed by atoms with Crippen LogP contribution in [0.5, 0.6) is 0 Å². The number of aromatic nitrogens is 4. The molecule has 6 rings (SSSR count). The molecule has 0 aliphatic rings. The summed E-state index contributed by atoms with van der Waals surface area (Å²) in [5.74, 6) is 0. The summed E-state index contributed by atoms with van der Waals surface area (Å²) in [4.78, 5) is 25.7. The Morgan fingerprint density at radius 3 is 1.48 bits per heavy atom. The highest BCUT2D eigenvalue weighted by Gasteiger charge is 2.07. The van der Waals surface area contributed by atoms with Crippen LogP contribution in [0.3, 0.4) is 0 Å². The van der Waals surface area contributed by atoms with E-state index in [4.69, 9.17) is 0 Å². The van der Waals surface area contributed by atoms with Crippen molar-refractivity contribution < 1.29 is 0 Å². The van der Waals surface area contributed by atoms with E-state index in [0.717, 1.165) is 22.3 Å². The Bertz CT molecular complexity index is 1670. The van der Waals surface area contributed by atoms with Crippen molar-refractivity contribution in [1.29, 1.82) is 0 Å². The second-order valence-electron chi connectivity index (χ2n) is 8.24. The summed E-state index contributed by atoms with van der Waals surface area (Å²) in [6.45, 7) is 14.2. The maximum absolute atomic E-state index is 12.2. The van der Waals surface area contributed by atoms with E-state index in [9.17, 15) is 9.59 Å². The third-order valence-electron chi connectivity index (χ3n) is 5.82. The lowest BCUT2D eigenvalue weighted by Crippen LogP contribution is -2.18.